The van der Waals surface area contributed by atoms with Crippen LogP contribution in [0.2, 0.25) is 10.0 Å². The van der Waals surface area contributed by atoms with Crippen molar-refractivity contribution in [1.29, 1.82) is 0 Å². The third-order valence-corrected chi connectivity index (χ3v) is 4.27. The Kier molecular flexibility index (Phi) is 4.41. The van der Waals surface area contributed by atoms with Gasteiger partial charge in [0.1, 0.15) is 17.1 Å². The molecule has 23 heavy (non-hydrogen) atoms. The van der Waals surface area contributed by atoms with Crippen molar-refractivity contribution < 1.29 is 4.74 Å². The van der Waals surface area contributed by atoms with Crippen molar-refractivity contribution in [3.05, 3.63) is 27.4 Å². The van der Waals surface area contributed by atoms with Crippen molar-refractivity contribution in [2.75, 3.05) is 12.3 Å². The van der Waals surface area contributed by atoms with E-state index in [1.54, 1.807) is 12.3 Å². The Morgan fingerprint density at radius 2 is 2.13 bits per heavy atom. The lowest BCUT2D eigenvalue weighted by atomic mass is 9.99. The van der Waals surface area contributed by atoms with E-state index in [9.17, 15) is 0 Å². The third-order valence-electron chi connectivity index (χ3n) is 3.69. The van der Waals surface area contributed by atoms with Crippen molar-refractivity contribution in [3.63, 3.8) is 0 Å². The van der Waals surface area contributed by atoms with E-state index in [0.29, 0.717) is 46.6 Å². The number of aryl methyl sites for hydroxylation is 1. The Morgan fingerprint density at radius 1 is 1.35 bits per heavy atom. The number of aromatic nitrogens is 2. The molecule has 2 N–H and O–H groups in total. The van der Waals surface area contributed by atoms with E-state index < -0.39 is 0 Å². The summed E-state index contributed by atoms with van der Waals surface area (Å²) in [5, 5.41) is 1.01. The molecule has 1 aliphatic heterocycles. The molecule has 0 aliphatic carbocycles. The average molecular weight is 351 g/mol. The minimum Gasteiger partial charge on any atom is -0.491 e. The van der Waals surface area contributed by atoms with Gasteiger partial charge in [-0.2, -0.15) is 0 Å². The maximum atomic E-state index is 6.47. The summed E-state index contributed by atoms with van der Waals surface area (Å²) in [6.07, 6.45) is 3.11. The molecule has 0 saturated carbocycles. The molecular weight excluding hydrogens is 335 g/mol. The smallest absolute Gasteiger partial charge is 0.220 e. The van der Waals surface area contributed by atoms with Gasteiger partial charge in [-0.3, -0.25) is 4.99 Å². The fourth-order valence-electron chi connectivity index (χ4n) is 2.76. The molecule has 0 atom stereocenters. The predicted molar refractivity (Wildman–Crippen MR) is 94.3 cm³/mol. The van der Waals surface area contributed by atoms with Crippen LogP contribution in [0.5, 0.6) is 5.75 Å². The van der Waals surface area contributed by atoms with Gasteiger partial charge in [-0.05, 0) is 19.4 Å². The monoisotopic (exact) mass is 350 g/mol. The van der Waals surface area contributed by atoms with Crippen LogP contribution in [0, 0.1) is 0 Å². The first-order chi connectivity index (χ1) is 11.1. The number of fused-ring (bicyclic) bond motifs is 1. The first kappa shape index (κ1) is 16.0. The standard InChI is InChI=1S/C16H16Cl2N4O/c1-3-11-13(20-4-2)14(22-16(19)21-11)12-8-5-6-23-15(8)10(18)7-9(12)17/h4,7H,3,5-6H2,1-2H3,(H2,19,21,22). The van der Waals surface area contributed by atoms with Crippen LogP contribution in [0.4, 0.5) is 11.6 Å². The van der Waals surface area contributed by atoms with E-state index in [1.807, 2.05) is 13.8 Å². The zero-order valence-electron chi connectivity index (χ0n) is 12.9. The second-order valence-electron chi connectivity index (χ2n) is 5.09. The maximum Gasteiger partial charge on any atom is 0.220 e. The van der Waals surface area contributed by atoms with Crippen LogP contribution in [0.25, 0.3) is 11.3 Å². The van der Waals surface area contributed by atoms with E-state index in [4.69, 9.17) is 33.7 Å². The topological polar surface area (TPSA) is 73.4 Å². The Morgan fingerprint density at radius 3 is 2.83 bits per heavy atom. The van der Waals surface area contributed by atoms with E-state index >= 15 is 0 Å². The number of benzene rings is 1. The first-order valence-corrected chi connectivity index (χ1v) is 8.11. The highest BCUT2D eigenvalue weighted by Gasteiger charge is 2.26. The van der Waals surface area contributed by atoms with Gasteiger partial charge in [0, 0.05) is 23.8 Å². The van der Waals surface area contributed by atoms with E-state index in [1.165, 1.54) is 0 Å². The normalized spacial score (nSPS) is 13.4. The quantitative estimate of drug-likeness (QED) is 0.839. The number of aliphatic imine (C=N–C) groups is 1. The molecule has 1 aromatic carbocycles. The average Bonchev–Trinajstić information content (AvgIpc) is 2.99. The molecule has 1 aromatic heterocycles. The van der Waals surface area contributed by atoms with Gasteiger partial charge in [-0.25, -0.2) is 9.97 Å². The van der Waals surface area contributed by atoms with Gasteiger partial charge in [0.15, 0.2) is 0 Å². The number of nitrogen functional groups attached to an aromatic ring is 1. The van der Waals surface area contributed by atoms with Gasteiger partial charge in [0.2, 0.25) is 5.95 Å². The van der Waals surface area contributed by atoms with Crippen LogP contribution < -0.4 is 10.5 Å². The van der Waals surface area contributed by atoms with Crippen molar-refractivity contribution in [3.8, 4) is 17.0 Å². The molecule has 0 spiro atoms. The SMILES string of the molecule is CC=Nc1c(CC)nc(N)nc1-c1c(Cl)cc(Cl)c2c1CCO2. The summed E-state index contributed by atoms with van der Waals surface area (Å²) >= 11 is 12.7. The summed E-state index contributed by atoms with van der Waals surface area (Å²) < 4.78 is 5.63. The Balaban J connectivity index is 2.36. The van der Waals surface area contributed by atoms with E-state index in [2.05, 4.69) is 15.0 Å². The third kappa shape index (κ3) is 2.75. The molecule has 0 unspecified atom stereocenters. The molecule has 120 valence electrons. The van der Waals surface area contributed by atoms with Gasteiger partial charge < -0.3 is 10.5 Å². The van der Waals surface area contributed by atoms with Crippen LogP contribution >= 0.6 is 23.2 Å². The summed E-state index contributed by atoms with van der Waals surface area (Å²) in [5.74, 6) is 0.860. The van der Waals surface area contributed by atoms with Gasteiger partial charge >= 0.3 is 0 Å². The lowest BCUT2D eigenvalue weighted by molar-refractivity contribution is 0.357. The fraction of sp³-hybridized carbons (Fsp3) is 0.312. The number of nitrogens with two attached hydrogens (primary N) is 1. The number of hydrogen-bond acceptors (Lipinski definition) is 5. The molecule has 5 nitrogen and oxygen atoms in total. The van der Waals surface area contributed by atoms with Crippen LogP contribution in [0.15, 0.2) is 11.1 Å². The predicted octanol–water partition coefficient (Wildman–Crippen LogP) is 4.25. The highest BCUT2D eigenvalue weighted by atomic mass is 35.5. The van der Waals surface area contributed by atoms with E-state index in [0.717, 1.165) is 16.8 Å². The summed E-state index contributed by atoms with van der Waals surface area (Å²) in [6.45, 7) is 4.41. The zero-order valence-corrected chi connectivity index (χ0v) is 14.4. The maximum absolute atomic E-state index is 6.47. The second kappa shape index (κ2) is 6.34. The molecule has 0 amide bonds. The Labute approximate surface area is 144 Å². The van der Waals surface area contributed by atoms with Crippen molar-refractivity contribution in [2.24, 2.45) is 4.99 Å². The number of anilines is 1. The minimum absolute atomic E-state index is 0.200. The number of nitrogens with zero attached hydrogens (tertiary/aromatic N) is 3. The molecule has 0 radical (unpaired) electrons. The molecule has 0 bridgehead atoms. The molecule has 2 heterocycles. The van der Waals surface area contributed by atoms with Crippen LogP contribution in [0.1, 0.15) is 25.1 Å². The molecule has 1 aliphatic rings. The van der Waals surface area contributed by atoms with Crippen molar-refractivity contribution in [1.82, 2.24) is 9.97 Å². The molecular formula is C16H16Cl2N4O. The van der Waals surface area contributed by atoms with E-state index in [-0.39, 0.29) is 5.95 Å². The number of hydrogen-bond donors (Lipinski definition) is 1. The van der Waals surface area contributed by atoms with Crippen molar-refractivity contribution >= 4 is 41.1 Å². The minimum atomic E-state index is 0.200. The number of halogens is 2. The lowest BCUT2D eigenvalue weighted by Crippen LogP contribution is -2.03. The molecule has 7 heteroatoms. The summed E-state index contributed by atoms with van der Waals surface area (Å²) in [4.78, 5) is 13.1. The summed E-state index contributed by atoms with van der Waals surface area (Å²) in [7, 11) is 0. The van der Waals surface area contributed by atoms with Crippen LogP contribution in [-0.4, -0.2) is 22.8 Å². The Hall–Kier alpha value is -1.85. The van der Waals surface area contributed by atoms with Crippen LogP contribution in [-0.2, 0) is 12.8 Å². The van der Waals surface area contributed by atoms with Crippen molar-refractivity contribution in [2.45, 2.75) is 26.7 Å². The number of ether oxygens (including phenoxy) is 1. The van der Waals surface area contributed by atoms with Crippen LogP contribution in [0.3, 0.4) is 0 Å². The summed E-state index contributed by atoms with van der Waals surface area (Å²) in [5.41, 5.74) is 9.69. The number of rotatable bonds is 3. The fourth-order valence-corrected chi connectivity index (χ4v) is 3.41. The first-order valence-electron chi connectivity index (χ1n) is 7.35. The molecule has 3 rings (SSSR count). The lowest BCUT2D eigenvalue weighted by Gasteiger charge is -2.15. The molecule has 0 fully saturated rings. The molecule has 0 saturated heterocycles. The highest BCUT2D eigenvalue weighted by Crippen LogP contribution is 2.46. The largest absolute Gasteiger partial charge is 0.491 e. The molecule has 2 aromatic rings. The van der Waals surface area contributed by atoms with Gasteiger partial charge in [-0.15, -0.1) is 0 Å². The Bertz CT molecular complexity index is 805. The summed E-state index contributed by atoms with van der Waals surface area (Å²) in [6, 6.07) is 1.67. The zero-order chi connectivity index (χ0) is 16.6. The van der Waals surface area contributed by atoms with Gasteiger partial charge in [0.05, 0.1) is 22.3 Å². The second-order valence-corrected chi connectivity index (χ2v) is 5.90. The highest BCUT2D eigenvalue weighted by molar-refractivity contribution is 6.37. The van der Waals surface area contributed by atoms with Gasteiger partial charge in [-0.1, -0.05) is 30.1 Å². The van der Waals surface area contributed by atoms with Gasteiger partial charge in [0.25, 0.3) is 0 Å².